The topological polar surface area (TPSA) is 97.6 Å². The van der Waals surface area contributed by atoms with E-state index in [2.05, 4.69) is 10.1 Å². The highest BCUT2D eigenvalue weighted by atomic mass is 35.5. The number of carbonyl (C=O) groups is 2. The Labute approximate surface area is 250 Å². The van der Waals surface area contributed by atoms with E-state index in [9.17, 15) is 41.0 Å². The molecule has 15 heteroatoms. The maximum atomic E-state index is 14.5. The number of halogens is 7. The third-order valence-corrected chi connectivity index (χ3v) is 8.27. The molecule has 43 heavy (non-hydrogen) atoms. The van der Waals surface area contributed by atoms with E-state index in [4.69, 9.17) is 16.3 Å². The van der Waals surface area contributed by atoms with Crippen LogP contribution in [0.3, 0.4) is 0 Å². The first-order valence-electron chi connectivity index (χ1n) is 13.7. The number of nitrogens with zero attached hydrogens (tertiary/aromatic N) is 4. The van der Waals surface area contributed by atoms with Crippen LogP contribution in [0.1, 0.15) is 92.7 Å². The van der Waals surface area contributed by atoms with Crippen LogP contribution in [0.5, 0.6) is 0 Å². The number of hydrogen-bond donors (Lipinski definition) is 1. The van der Waals surface area contributed by atoms with Crippen LogP contribution in [0, 0.1) is 17.8 Å². The van der Waals surface area contributed by atoms with Gasteiger partial charge in [-0.3, -0.25) is 19.3 Å². The van der Waals surface area contributed by atoms with Crippen molar-refractivity contribution >= 4 is 23.5 Å². The molecule has 1 aliphatic carbocycles. The molecule has 2 heterocycles. The van der Waals surface area contributed by atoms with E-state index < -0.39 is 71.6 Å². The van der Waals surface area contributed by atoms with Gasteiger partial charge in [0.25, 0.3) is 5.91 Å². The number of aryl methyl sites for hydroxylation is 1. The van der Waals surface area contributed by atoms with Gasteiger partial charge >= 0.3 is 18.3 Å². The Bertz CT molecular complexity index is 1300. The lowest BCUT2D eigenvalue weighted by atomic mass is 9.74. The summed E-state index contributed by atoms with van der Waals surface area (Å²) in [5, 5.41) is 14.8. The fourth-order valence-corrected chi connectivity index (χ4v) is 5.62. The number of aliphatic hydroxyl groups is 1. The van der Waals surface area contributed by atoms with Crippen molar-refractivity contribution in [3.8, 4) is 0 Å². The minimum Gasteiger partial charge on any atom is -0.466 e. The average Bonchev–Trinajstić information content (AvgIpc) is 3.33. The molecular formula is C28H35ClF6N4O4. The average molecular weight is 641 g/mol. The minimum atomic E-state index is -5.10. The number of aliphatic hydroxyl groups excluding tert-OH is 1. The molecular weight excluding hydrogens is 606 g/mol. The van der Waals surface area contributed by atoms with Gasteiger partial charge < -0.3 is 14.7 Å². The highest BCUT2D eigenvalue weighted by Gasteiger charge is 2.50. The summed E-state index contributed by atoms with van der Waals surface area (Å²) in [6.45, 7) is 4.78. The molecule has 1 aliphatic rings. The van der Waals surface area contributed by atoms with Crippen molar-refractivity contribution < 1.29 is 45.8 Å². The zero-order valence-corrected chi connectivity index (χ0v) is 25.2. The first-order valence-corrected chi connectivity index (χ1v) is 14.1. The summed E-state index contributed by atoms with van der Waals surface area (Å²) in [6, 6.07) is -0.829. The molecule has 8 nitrogen and oxygen atoms in total. The third-order valence-electron chi connectivity index (χ3n) is 7.97. The predicted molar refractivity (Wildman–Crippen MR) is 144 cm³/mol. The van der Waals surface area contributed by atoms with Crippen molar-refractivity contribution in [2.24, 2.45) is 10.8 Å². The summed E-state index contributed by atoms with van der Waals surface area (Å²) in [4.78, 5) is 30.5. The van der Waals surface area contributed by atoms with Crippen molar-refractivity contribution in [1.29, 1.82) is 0 Å². The van der Waals surface area contributed by atoms with Gasteiger partial charge in [0.1, 0.15) is 0 Å². The standard InChI is InChI=1S/C28H35ClF6N4O4/c1-6-43-24(42)26(5)9-7-17(8-10-26)39-22(27(30,31)32)18(12-37-39)23(41)38(15-25(3,4)28(33,34)35)14-20(40)21-16(2)11-36-13-19(21)29/h11-13,17,20,40H,6-10,14-15H2,1-5H3/t17-,20?,26-. The maximum absolute atomic E-state index is 14.5. The van der Waals surface area contributed by atoms with Crippen molar-refractivity contribution in [1.82, 2.24) is 19.7 Å². The van der Waals surface area contributed by atoms with Gasteiger partial charge in [0, 0.05) is 24.5 Å². The van der Waals surface area contributed by atoms with Crippen LogP contribution in [-0.4, -0.2) is 62.5 Å². The lowest BCUT2D eigenvalue weighted by Gasteiger charge is -2.36. The van der Waals surface area contributed by atoms with E-state index in [1.54, 1.807) is 13.8 Å². The molecule has 0 saturated heterocycles. The molecule has 1 saturated carbocycles. The van der Waals surface area contributed by atoms with Crippen LogP contribution in [0.25, 0.3) is 0 Å². The molecule has 0 bridgehead atoms. The second-order valence-electron chi connectivity index (χ2n) is 11.8. The smallest absolute Gasteiger partial charge is 0.433 e. The van der Waals surface area contributed by atoms with Crippen molar-refractivity contribution in [3.63, 3.8) is 0 Å². The Hall–Kier alpha value is -2.87. The van der Waals surface area contributed by atoms with Crippen LogP contribution in [0.15, 0.2) is 18.6 Å². The largest absolute Gasteiger partial charge is 0.466 e. The third kappa shape index (κ3) is 7.44. The molecule has 3 rings (SSSR count). The number of esters is 1. The van der Waals surface area contributed by atoms with Crippen LogP contribution in [0.4, 0.5) is 26.3 Å². The van der Waals surface area contributed by atoms with E-state index in [0.717, 1.165) is 13.8 Å². The molecule has 0 spiro atoms. The summed E-state index contributed by atoms with van der Waals surface area (Å²) >= 11 is 6.14. The van der Waals surface area contributed by atoms with Crippen molar-refractivity contribution in [2.75, 3.05) is 19.7 Å². The molecule has 0 aromatic carbocycles. The quantitative estimate of drug-likeness (QED) is 0.242. The summed E-state index contributed by atoms with van der Waals surface area (Å²) in [5.74, 6) is -1.84. The minimum absolute atomic E-state index is 0.0223. The summed E-state index contributed by atoms with van der Waals surface area (Å²) in [6.07, 6.45) is -7.66. The van der Waals surface area contributed by atoms with E-state index in [0.29, 0.717) is 21.3 Å². The lowest BCUT2D eigenvalue weighted by molar-refractivity contribution is -0.215. The molecule has 1 N–H and O–H groups in total. The number of ether oxygens (including phenoxy) is 1. The molecule has 1 fully saturated rings. The number of carbonyl (C=O) groups excluding carboxylic acids is 2. The van der Waals surface area contributed by atoms with Crippen molar-refractivity contribution in [2.45, 2.75) is 84.8 Å². The molecule has 1 unspecified atom stereocenters. The Balaban J connectivity index is 2.01. The maximum Gasteiger partial charge on any atom is 0.433 e. The normalized spacial score (nSPS) is 20.5. The zero-order valence-electron chi connectivity index (χ0n) is 24.4. The fourth-order valence-electron chi connectivity index (χ4n) is 5.29. The Morgan fingerprint density at radius 1 is 1.16 bits per heavy atom. The van der Waals surface area contributed by atoms with Gasteiger partial charge in [0.05, 0.1) is 52.9 Å². The van der Waals surface area contributed by atoms with E-state index >= 15 is 0 Å². The van der Waals surface area contributed by atoms with E-state index in [1.165, 1.54) is 19.3 Å². The highest BCUT2D eigenvalue weighted by Crippen LogP contribution is 2.45. The number of rotatable bonds is 9. The number of amides is 1. The molecule has 0 radical (unpaired) electrons. The first kappa shape index (κ1) is 34.6. The lowest BCUT2D eigenvalue weighted by Crippen LogP contribution is -2.47. The number of pyridine rings is 1. The van der Waals surface area contributed by atoms with Gasteiger partial charge in [-0.05, 0) is 65.9 Å². The molecule has 1 amide bonds. The molecule has 1 atom stereocenters. The summed E-state index contributed by atoms with van der Waals surface area (Å²) in [5.41, 5.74) is -5.34. The van der Waals surface area contributed by atoms with Gasteiger partial charge in [-0.1, -0.05) is 11.6 Å². The van der Waals surface area contributed by atoms with E-state index in [-0.39, 0.29) is 42.9 Å². The van der Waals surface area contributed by atoms with Crippen LogP contribution in [0.2, 0.25) is 5.02 Å². The predicted octanol–water partition coefficient (Wildman–Crippen LogP) is 6.71. The number of alkyl halides is 6. The van der Waals surface area contributed by atoms with Gasteiger partial charge in [-0.2, -0.15) is 31.4 Å². The van der Waals surface area contributed by atoms with E-state index in [1.807, 2.05) is 0 Å². The molecule has 2 aromatic rings. The SMILES string of the molecule is CCOC(=O)[C@]1(C)CC[C@@H](n2ncc(C(=O)N(CC(O)c3c(C)cncc3Cl)CC(C)(C)C(F)(F)F)c2C(F)(F)F)CC1. The molecule has 2 aromatic heterocycles. The second-order valence-corrected chi connectivity index (χ2v) is 12.2. The molecule has 0 aliphatic heterocycles. The van der Waals surface area contributed by atoms with Crippen molar-refractivity contribution in [3.05, 3.63) is 46.0 Å². The summed E-state index contributed by atoms with van der Waals surface area (Å²) in [7, 11) is 0. The van der Waals surface area contributed by atoms with Crippen LogP contribution < -0.4 is 0 Å². The van der Waals surface area contributed by atoms with Gasteiger partial charge in [0.2, 0.25) is 0 Å². The summed E-state index contributed by atoms with van der Waals surface area (Å²) < 4.78 is 90.9. The first-order chi connectivity index (χ1) is 19.7. The zero-order chi connectivity index (χ0) is 32.5. The van der Waals surface area contributed by atoms with Gasteiger partial charge in [0.15, 0.2) is 5.69 Å². The Kier molecular flexibility index (Phi) is 10.2. The Morgan fingerprint density at radius 2 is 1.77 bits per heavy atom. The highest BCUT2D eigenvalue weighted by molar-refractivity contribution is 6.31. The fraction of sp³-hybridized carbons (Fsp3) is 0.643. The van der Waals surface area contributed by atoms with Crippen LogP contribution in [-0.2, 0) is 15.7 Å². The number of hydrogen-bond acceptors (Lipinski definition) is 6. The number of aromatic nitrogens is 3. The van der Waals surface area contributed by atoms with Crippen LogP contribution >= 0.6 is 11.6 Å². The monoisotopic (exact) mass is 640 g/mol. The van der Waals surface area contributed by atoms with Gasteiger partial charge in [-0.15, -0.1) is 0 Å². The van der Waals surface area contributed by atoms with Gasteiger partial charge in [-0.25, -0.2) is 0 Å². The molecule has 240 valence electrons. The Morgan fingerprint density at radius 3 is 2.28 bits per heavy atom. The second kappa shape index (κ2) is 12.6.